The van der Waals surface area contributed by atoms with E-state index in [1.165, 1.54) is 0 Å². The van der Waals surface area contributed by atoms with Crippen LogP contribution in [0.15, 0.2) is 17.2 Å². The number of rotatable bonds is 4. The molecule has 1 fully saturated rings. The molecular weight excluding hydrogens is 232 g/mol. The van der Waals surface area contributed by atoms with Crippen LogP contribution < -0.4 is 10.9 Å². The minimum Gasteiger partial charge on any atom is -0.374 e. The fraction of sp³-hybridized carbons (Fsp3) is 0.667. The fourth-order valence-corrected chi connectivity index (χ4v) is 2.02. The van der Waals surface area contributed by atoms with Crippen LogP contribution in [0.4, 0.5) is 5.82 Å². The molecule has 0 bridgehead atoms. The van der Waals surface area contributed by atoms with Crippen LogP contribution in [0.1, 0.15) is 6.92 Å². The highest BCUT2D eigenvalue weighted by Gasteiger charge is 2.17. The summed E-state index contributed by atoms with van der Waals surface area (Å²) in [5.41, 5.74) is -0.0795. The third-order valence-electron chi connectivity index (χ3n) is 3.09. The molecule has 0 radical (unpaired) electrons. The van der Waals surface area contributed by atoms with Crippen molar-refractivity contribution in [3.05, 3.63) is 22.7 Å². The lowest BCUT2D eigenvalue weighted by atomic mass is 10.3. The molecule has 2 heterocycles. The summed E-state index contributed by atoms with van der Waals surface area (Å²) in [6.07, 6.45) is 3.44. The number of nitrogens with one attached hydrogen (secondary N) is 1. The molecule has 1 unspecified atom stereocenters. The first-order valence-corrected chi connectivity index (χ1v) is 6.30. The Kier molecular flexibility index (Phi) is 4.33. The minimum absolute atomic E-state index is 0.0795. The molecule has 1 atom stereocenters. The number of aryl methyl sites for hydroxylation is 1. The van der Waals surface area contributed by atoms with Gasteiger partial charge in [-0.05, 0) is 14.0 Å². The van der Waals surface area contributed by atoms with Crippen LogP contribution in [0.2, 0.25) is 0 Å². The molecule has 18 heavy (non-hydrogen) atoms. The van der Waals surface area contributed by atoms with Gasteiger partial charge in [0.05, 0.1) is 12.7 Å². The highest BCUT2D eigenvalue weighted by molar-refractivity contribution is 5.30. The Hall–Kier alpha value is -1.40. The number of ether oxygens (including phenoxy) is 1. The van der Waals surface area contributed by atoms with E-state index in [1.807, 2.05) is 6.92 Å². The van der Waals surface area contributed by atoms with Crippen LogP contribution in [0.5, 0.6) is 0 Å². The zero-order valence-corrected chi connectivity index (χ0v) is 10.9. The van der Waals surface area contributed by atoms with Gasteiger partial charge in [-0.3, -0.25) is 4.79 Å². The van der Waals surface area contributed by atoms with Crippen LogP contribution in [0.25, 0.3) is 0 Å². The summed E-state index contributed by atoms with van der Waals surface area (Å²) < 4.78 is 7.25. The van der Waals surface area contributed by atoms with Gasteiger partial charge in [-0.25, -0.2) is 4.98 Å². The third kappa shape index (κ3) is 3.08. The topological polar surface area (TPSA) is 59.4 Å². The molecule has 0 aromatic carbocycles. The second-order valence-electron chi connectivity index (χ2n) is 4.50. The Morgan fingerprint density at radius 3 is 3.17 bits per heavy atom. The average molecular weight is 252 g/mol. The van der Waals surface area contributed by atoms with Crippen molar-refractivity contribution >= 4 is 5.82 Å². The van der Waals surface area contributed by atoms with Gasteiger partial charge in [0.1, 0.15) is 0 Å². The van der Waals surface area contributed by atoms with Crippen molar-refractivity contribution in [3.8, 4) is 0 Å². The number of hydrogen-bond acceptors (Lipinski definition) is 5. The zero-order chi connectivity index (χ0) is 13.0. The highest BCUT2D eigenvalue weighted by atomic mass is 16.5. The molecule has 1 aromatic rings. The van der Waals surface area contributed by atoms with Crippen molar-refractivity contribution in [1.29, 1.82) is 0 Å². The Bertz CT molecular complexity index is 446. The Balaban J connectivity index is 1.96. The second-order valence-corrected chi connectivity index (χ2v) is 4.50. The van der Waals surface area contributed by atoms with Crippen molar-refractivity contribution < 1.29 is 4.74 Å². The molecule has 1 aromatic heterocycles. The molecule has 0 amide bonds. The van der Waals surface area contributed by atoms with Gasteiger partial charge in [0.15, 0.2) is 5.82 Å². The monoisotopic (exact) mass is 252 g/mol. The number of nitrogens with zero attached hydrogens (tertiary/aromatic N) is 3. The summed E-state index contributed by atoms with van der Waals surface area (Å²) in [5.74, 6) is 0.399. The van der Waals surface area contributed by atoms with E-state index in [4.69, 9.17) is 4.74 Å². The lowest BCUT2D eigenvalue weighted by molar-refractivity contribution is -0.0117. The van der Waals surface area contributed by atoms with Gasteiger partial charge >= 0.3 is 0 Å². The largest absolute Gasteiger partial charge is 0.374 e. The van der Waals surface area contributed by atoms with Gasteiger partial charge in [-0.15, -0.1) is 0 Å². The van der Waals surface area contributed by atoms with E-state index in [9.17, 15) is 4.79 Å². The van der Waals surface area contributed by atoms with E-state index < -0.39 is 0 Å². The summed E-state index contributed by atoms with van der Waals surface area (Å²) in [4.78, 5) is 18.2. The average Bonchev–Trinajstić information content (AvgIpc) is 2.38. The smallest absolute Gasteiger partial charge is 0.293 e. The summed E-state index contributed by atoms with van der Waals surface area (Å²) in [7, 11) is 2.07. The van der Waals surface area contributed by atoms with Crippen LogP contribution in [0.3, 0.4) is 0 Å². The molecule has 1 N–H and O–H groups in total. The molecule has 0 aliphatic carbocycles. The van der Waals surface area contributed by atoms with Gasteiger partial charge in [-0.2, -0.15) is 0 Å². The van der Waals surface area contributed by atoms with Crippen molar-refractivity contribution in [3.63, 3.8) is 0 Å². The van der Waals surface area contributed by atoms with Crippen LogP contribution in [-0.2, 0) is 11.3 Å². The lowest BCUT2D eigenvalue weighted by Crippen LogP contribution is -2.43. The van der Waals surface area contributed by atoms with E-state index in [0.717, 1.165) is 19.7 Å². The van der Waals surface area contributed by atoms with Gasteiger partial charge in [0.25, 0.3) is 5.56 Å². The van der Waals surface area contributed by atoms with Gasteiger partial charge < -0.3 is 19.5 Å². The molecule has 1 aliphatic heterocycles. The Morgan fingerprint density at radius 2 is 2.44 bits per heavy atom. The number of morpholine rings is 1. The Labute approximate surface area is 107 Å². The summed E-state index contributed by atoms with van der Waals surface area (Å²) in [6, 6.07) is 0. The van der Waals surface area contributed by atoms with Crippen LogP contribution in [0, 0.1) is 0 Å². The van der Waals surface area contributed by atoms with Crippen molar-refractivity contribution in [2.24, 2.45) is 0 Å². The van der Waals surface area contributed by atoms with E-state index in [2.05, 4.69) is 22.2 Å². The molecular formula is C12H20N4O2. The minimum atomic E-state index is -0.0795. The lowest BCUT2D eigenvalue weighted by Gasteiger charge is -2.30. The SMILES string of the molecule is CCn1ccnc(NCC2CN(C)CCO2)c1=O. The first-order chi connectivity index (χ1) is 8.70. The summed E-state index contributed by atoms with van der Waals surface area (Å²) in [5, 5.41) is 3.08. The number of hydrogen-bond donors (Lipinski definition) is 1. The number of likely N-dealkylation sites (N-methyl/N-ethyl adjacent to an activating group) is 1. The summed E-state index contributed by atoms with van der Waals surface area (Å²) in [6.45, 7) is 5.78. The molecule has 0 saturated carbocycles. The van der Waals surface area contributed by atoms with Gasteiger partial charge in [-0.1, -0.05) is 0 Å². The molecule has 1 saturated heterocycles. The standard InChI is InChI=1S/C12H20N4O2/c1-3-16-5-4-13-11(12(16)17)14-8-10-9-15(2)6-7-18-10/h4-5,10H,3,6-9H2,1-2H3,(H,13,14). The Morgan fingerprint density at radius 1 is 1.61 bits per heavy atom. The third-order valence-corrected chi connectivity index (χ3v) is 3.09. The van der Waals surface area contributed by atoms with E-state index in [1.54, 1.807) is 17.0 Å². The molecule has 6 heteroatoms. The van der Waals surface area contributed by atoms with Crippen molar-refractivity contribution in [1.82, 2.24) is 14.5 Å². The molecule has 2 rings (SSSR count). The highest BCUT2D eigenvalue weighted by Crippen LogP contribution is 2.03. The van der Waals surface area contributed by atoms with Crippen LogP contribution >= 0.6 is 0 Å². The van der Waals surface area contributed by atoms with Gasteiger partial charge in [0, 0.05) is 38.6 Å². The van der Waals surface area contributed by atoms with E-state index in [-0.39, 0.29) is 11.7 Å². The van der Waals surface area contributed by atoms with E-state index in [0.29, 0.717) is 18.9 Å². The number of aromatic nitrogens is 2. The van der Waals surface area contributed by atoms with E-state index >= 15 is 0 Å². The predicted molar refractivity (Wildman–Crippen MR) is 69.9 cm³/mol. The fourth-order valence-electron chi connectivity index (χ4n) is 2.02. The molecule has 1 aliphatic rings. The number of anilines is 1. The predicted octanol–water partition coefficient (Wildman–Crippen LogP) is 0.00570. The second kappa shape index (κ2) is 5.97. The molecule has 100 valence electrons. The summed E-state index contributed by atoms with van der Waals surface area (Å²) >= 11 is 0. The normalized spacial score (nSPS) is 20.9. The van der Waals surface area contributed by atoms with Gasteiger partial charge in [0.2, 0.25) is 0 Å². The quantitative estimate of drug-likeness (QED) is 0.817. The van der Waals surface area contributed by atoms with Crippen molar-refractivity contribution in [2.45, 2.75) is 19.6 Å². The molecule has 0 spiro atoms. The maximum absolute atomic E-state index is 11.9. The first kappa shape index (κ1) is 13.0. The maximum atomic E-state index is 11.9. The zero-order valence-electron chi connectivity index (χ0n) is 10.9. The molecule has 6 nitrogen and oxygen atoms in total. The maximum Gasteiger partial charge on any atom is 0.293 e. The van der Waals surface area contributed by atoms with Crippen LogP contribution in [-0.4, -0.2) is 53.8 Å². The van der Waals surface area contributed by atoms with Crippen molar-refractivity contribution in [2.75, 3.05) is 38.6 Å². The first-order valence-electron chi connectivity index (χ1n) is 6.30.